The van der Waals surface area contributed by atoms with Gasteiger partial charge in [0.25, 0.3) is 5.91 Å². The SMILES string of the molecule is CN(CCc1ccccc1)C(=O)c1nc2sccn2c1CN1CC[C@H](N(C)C)C1. The molecule has 7 heteroatoms. The normalized spacial score (nSPS) is 17.4. The summed E-state index contributed by atoms with van der Waals surface area (Å²) in [6, 6.07) is 10.9. The van der Waals surface area contributed by atoms with Gasteiger partial charge in [-0.15, -0.1) is 11.3 Å². The molecule has 0 aliphatic carbocycles. The van der Waals surface area contributed by atoms with Crippen molar-refractivity contribution < 1.29 is 4.79 Å². The second-order valence-electron chi connectivity index (χ2n) is 8.07. The number of likely N-dealkylation sites (tertiary alicyclic amines) is 1. The standard InChI is InChI=1S/C22H29N5OS/c1-24(2)18-10-12-26(15-18)16-19-20(23-22-27(19)13-14-29-22)21(28)25(3)11-9-17-7-5-4-6-8-17/h4-8,13-14,18H,9-12,15-16H2,1-3H3/t18-/m0/s1. The van der Waals surface area contributed by atoms with E-state index in [-0.39, 0.29) is 5.91 Å². The van der Waals surface area contributed by atoms with Gasteiger partial charge in [-0.05, 0) is 32.5 Å². The number of hydrogen-bond acceptors (Lipinski definition) is 5. The zero-order chi connectivity index (χ0) is 20.4. The molecule has 6 nitrogen and oxygen atoms in total. The molecule has 3 aromatic rings. The molecular weight excluding hydrogens is 382 g/mol. The fourth-order valence-corrected chi connectivity index (χ4v) is 4.70. The minimum absolute atomic E-state index is 0.00943. The van der Waals surface area contributed by atoms with Crippen LogP contribution in [0.1, 0.15) is 28.2 Å². The van der Waals surface area contributed by atoms with Crippen molar-refractivity contribution in [3.8, 4) is 0 Å². The number of benzene rings is 1. The lowest BCUT2D eigenvalue weighted by Crippen LogP contribution is -2.33. The summed E-state index contributed by atoms with van der Waals surface area (Å²) in [5.74, 6) is 0.00943. The van der Waals surface area contributed by atoms with Crippen molar-refractivity contribution in [2.45, 2.75) is 25.4 Å². The van der Waals surface area contributed by atoms with Crippen molar-refractivity contribution >= 4 is 22.2 Å². The third-order valence-corrected chi connectivity index (χ3v) is 6.60. The molecule has 0 N–H and O–H groups in total. The van der Waals surface area contributed by atoms with Crippen molar-refractivity contribution in [3.05, 3.63) is 58.9 Å². The quantitative estimate of drug-likeness (QED) is 0.600. The highest BCUT2D eigenvalue weighted by Crippen LogP contribution is 2.23. The van der Waals surface area contributed by atoms with E-state index < -0.39 is 0 Å². The van der Waals surface area contributed by atoms with E-state index in [1.54, 1.807) is 16.2 Å². The number of amides is 1. The van der Waals surface area contributed by atoms with Crippen molar-refractivity contribution in [1.82, 2.24) is 24.1 Å². The smallest absolute Gasteiger partial charge is 0.274 e. The summed E-state index contributed by atoms with van der Waals surface area (Å²) >= 11 is 1.58. The van der Waals surface area contributed by atoms with Gasteiger partial charge < -0.3 is 9.80 Å². The van der Waals surface area contributed by atoms with E-state index in [0.717, 1.165) is 36.7 Å². The number of rotatable bonds is 7. The van der Waals surface area contributed by atoms with Crippen LogP contribution in [0.25, 0.3) is 4.96 Å². The van der Waals surface area contributed by atoms with Gasteiger partial charge in [0.2, 0.25) is 0 Å². The Kier molecular flexibility index (Phi) is 5.99. The number of carbonyl (C=O) groups excluding carboxylic acids is 1. The van der Waals surface area contributed by atoms with Crippen LogP contribution in [0.3, 0.4) is 0 Å². The first-order valence-electron chi connectivity index (χ1n) is 10.2. The molecule has 2 aromatic heterocycles. The van der Waals surface area contributed by atoms with E-state index in [0.29, 0.717) is 18.3 Å². The Morgan fingerprint density at radius 3 is 2.76 bits per heavy atom. The summed E-state index contributed by atoms with van der Waals surface area (Å²) in [6.45, 7) is 3.52. The summed E-state index contributed by atoms with van der Waals surface area (Å²) in [7, 11) is 6.15. The highest BCUT2D eigenvalue weighted by molar-refractivity contribution is 7.15. The molecule has 1 aromatic carbocycles. The molecule has 0 spiro atoms. The van der Waals surface area contributed by atoms with Gasteiger partial charge >= 0.3 is 0 Å². The van der Waals surface area contributed by atoms with Crippen LogP contribution in [0.5, 0.6) is 0 Å². The molecule has 0 unspecified atom stereocenters. The van der Waals surface area contributed by atoms with Gasteiger partial charge in [-0.3, -0.25) is 14.1 Å². The van der Waals surface area contributed by atoms with Gasteiger partial charge in [-0.25, -0.2) is 4.98 Å². The number of thiazole rings is 1. The third kappa shape index (κ3) is 4.37. The molecule has 3 heterocycles. The largest absolute Gasteiger partial charge is 0.340 e. The molecular formula is C22H29N5OS. The number of carbonyl (C=O) groups is 1. The Bertz CT molecular complexity index is 964. The summed E-state index contributed by atoms with van der Waals surface area (Å²) in [5, 5.41) is 2.03. The van der Waals surface area contributed by atoms with Crippen LogP contribution in [0.2, 0.25) is 0 Å². The first-order valence-corrected chi connectivity index (χ1v) is 11.0. The van der Waals surface area contributed by atoms with Crippen molar-refractivity contribution in [2.24, 2.45) is 0 Å². The second-order valence-corrected chi connectivity index (χ2v) is 8.94. The minimum Gasteiger partial charge on any atom is -0.340 e. The minimum atomic E-state index is 0.00943. The Labute approximate surface area is 176 Å². The average molecular weight is 412 g/mol. The van der Waals surface area contributed by atoms with Crippen LogP contribution in [-0.4, -0.2) is 76.8 Å². The fourth-order valence-electron chi connectivity index (χ4n) is 3.97. The Balaban J connectivity index is 1.50. The number of fused-ring (bicyclic) bond motifs is 1. The summed E-state index contributed by atoms with van der Waals surface area (Å²) in [4.78, 5) is 25.3. The number of likely N-dealkylation sites (N-methyl/N-ethyl adjacent to an activating group) is 2. The molecule has 1 atom stereocenters. The zero-order valence-corrected chi connectivity index (χ0v) is 18.2. The number of imidazole rings is 1. The maximum atomic E-state index is 13.2. The predicted molar refractivity (Wildman–Crippen MR) is 118 cm³/mol. The van der Waals surface area contributed by atoms with Crippen molar-refractivity contribution in [2.75, 3.05) is 40.8 Å². The van der Waals surface area contributed by atoms with Gasteiger partial charge in [0.05, 0.1) is 5.69 Å². The van der Waals surface area contributed by atoms with Crippen molar-refractivity contribution in [3.63, 3.8) is 0 Å². The van der Waals surface area contributed by atoms with E-state index in [4.69, 9.17) is 4.98 Å². The highest BCUT2D eigenvalue weighted by Gasteiger charge is 2.28. The third-order valence-electron chi connectivity index (χ3n) is 5.84. The maximum Gasteiger partial charge on any atom is 0.274 e. The molecule has 1 amide bonds. The molecule has 154 valence electrons. The Morgan fingerprint density at radius 1 is 1.24 bits per heavy atom. The lowest BCUT2D eigenvalue weighted by Gasteiger charge is -2.21. The molecule has 1 saturated heterocycles. The zero-order valence-electron chi connectivity index (χ0n) is 17.4. The lowest BCUT2D eigenvalue weighted by molar-refractivity contribution is 0.0789. The van der Waals surface area contributed by atoms with Gasteiger partial charge in [-0.1, -0.05) is 30.3 Å². The van der Waals surface area contributed by atoms with Gasteiger partial charge in [0, 0.05) is 50.8 Å². The first kappa shape index (κ1) is 20.1. The van der Waals surface area contributed by atoms with Crippen LogP contribution in [0.15, 0.2) is 41.9 Å². The summed E-state index contributed by atoms with van der Waals surface area (Å²) in [5.41, 5.74) is 2.85. The highest BCUT2D eigenvalue weighted by atomic mass is 32.1. The molecule has 1 fully saturated rings. The van der Waals surface area contributed by atoms with Crippen LogP contribution in [0.4, 0.5) is 0 Å². The molecule has 0 saturated carbocycles. The van der Waals surface area contributed by atoms with Crippen molar-refractivity contribution in [1.29, 1.82) is 0 Å². The predicted octanol–water partition coefficient (Wildman–Crippen LogP) is 2.85. The van der Waals surface area contributed by atoms with Gasteiger partial charge in [0.15, 0.2) is 10.7 Å². The van der Waals surface area contributed by atoms with E-state index in [1.807, 2.05) is 36.8 Å². The van der Waals surface area contributed by atoms with Gasteiger partial charge in [0.1, 0.15) is 0 Å². The molecule has 1 aliphatic rings. The van der Waals surface area contributed by atoms with E-state index >= 15 is 0 Å². The van der Waals surface area contributed by atoms with Crippen LogP contribution < -0.4 is 0 Å². The first-order chi connectivity index (χ1) is 14.0. The Morgan fingerprint density at radius 2 is 2.03 bits per heavy atom. The maximum absolute atomic E-state index is 13.2. The molecule has 0 radical (unpaired) electrons. The molecule has 0 bridgehead atoms. The number of aromatic nitrogens is 2. The van der Waals surface area contributed by atoms with E-state index in [9.17, 15) is 4.79 Å². The topological polar surface area (TPSA) is 44.1 Å². The molecule has 29 heavy (non-hydrogen) atoms. The molecule has 1 aliphatic heterocycles. The van der Waals surface area contributed by atoms with Gasteiger partial charge in [-0.2, -0.15) is 0 Å². The lowest BCUT2D eigenvalue weighted by atomic mass is 10.1. The Hall–Kier alpha value is -2.22. The molecule has 4 rings (SSSR count). The van der Waals surface area contributed by atoms with Crippen LogP contribution in [0, 0.1) is 0 Å². The van der Waals surface area contributed by atoms with E-state index in [1.165, 1.54) is 12.0 Å². The van der Waals surface area contributed by atoms with Crippen LogP contribution in [-0.2, 0) is 13.0 Å². The summed E-state index contributed by atoms with van der Waals surface area (Å²) in [6.07, 6.45) is 4.04. The second kappa shape index (κ2) is 8.65. The monoisotopic (exact) mass is 411 g/mol. The van der Waals surface area contributed by atoms with Crippen LogP contribution >= 0.6 is 11.3 Å². The number of nitrogens with zero attached hydrogens (tertiary/aromatic N) is 5. The number of hydrogen-bond donors (Lipinski definition) is 0. The fraction of sp³-hybridized carbons (Fsp3) is 0.455. The van der Waals surface area contributed by atoms with E-state index in [2.05, 4.69) is 40.4 Å². The average Bonchev–Trinajstić information content (AvgIpc) is 3.44. The summed E-state index contributed by atoms with van der Waals surface area (Å²) < 4.78 is 2.09.